The van der Waals surface area contributed by atoms with Crippen LogP contribution in [0.25, 0.3) is 0 Å². The van der Waals surface area contributed by atoms with E-state index in [1.165, 1.54) is 11.1 Å². The average Bonchev–Trinajstić information content (AvgIpc) is 2.46. The Kier molecular flexibility index (Phi) is 5.51. The quantitative estimate of drug-likeness (QED) is 0.827. The number of carbonyl (C=O) groups is 2. The molecular formula is C17H24N2O2. The number of rotatable bonds is 5. The summed E-state index contributed by atoms with van der Waals surface area (Å²) in [6.07, 6.45) is 1.37. The summed E-state index contributed by atoms with van der Waals surface area (Å²) < 4.78 is 0. The third kappa shape index (κ3) is 4.67. The molecule has 0 atom stereocenters. The van der Waals surface area contributed by atoms with Gasteiger partial charge in [-0.15, -0.1) is 0 Å². The number of amides is 1. The van der Waals surface area contributed by atoms with Crippen molar-refractivity contribution in [1.82, 2.24) is 9.80 Å². The third-order valence-corrected chi connectivity index (χ3v) is 4.04. The highest BCUT2D eigenvalue weighted by Gasteiger charge is 2.21. The molecule has 1 aliphatic heterocycles. The van der Waals surface area contributed by atoms with E-state index in [0.29, 0.717) is 13.0 Å². The van der Waals surface area contributed by atoms with Crippen molar-refractivity contribution in [3.05, 3.63) is 35.4 Å². The molecule has 0 aromatic heterocycles. The van der Waals surface area contributed by atoms with Gasteiger partial charge in [0.15, 0.2) is 0 Å². The highest BCUT2D eigenvalue weighted by atomic mass is 16.2. The molecule has 1 saturated heterocycles. The lowest BCUT2D eigenvalue weighted by Crippen LogP contribution is -2.49. The Labute approximate surface area is 126 Å². The van der Waals surface area contributed by atoms with Crippen molar-refractivity contribution >= 4 is 11.7 Å². The van der Waals surface area contributed by atoms with Crippen LogP contribution in [-0.2, 0) is 16.0 Å². The summed E-state index contributed by atoms with van der Waals surface area (Å²) in [5.41, 5.74) is 2.50. The molecule has 0 aliphatic carbocycles. The fourth-order valence-corrected chi connectivity index (χ4v) is 2.76. The van der Waals surface area contributed by atoms with Crippen molar-refractivity contribution in [2.75, 3.05) is 32.7 Å². The summed E-state index contributed by atoms with van der Waals surface area (Å²) in [7, 11) is 0. The van der Waals surface area contributed by atoms with Crippen LogP contribution in [0, 0.1) is 6.92 Å². The lowest BCUT2D eigenvalue weighted by atomic mass is 10.0. The zero-order valence-corrected chi connectivity index (χ0v) is 13.0. The molecule has 114 valence electrons. The standard InChI is InChI=1S/C17H24N2O2/c1-14-5-3-4-6-16(14)7-8-17(21)19-11-9-18(10-12-19)13-15(2)20/h3-6H,7-13H2,1-2H3. The number of nitrogens with zero attached hydrogens (tertiary/aromatic N) is 2. The lowest BCUT2D eigenvalue weighted by molar-refractivity contribution is -0.133. The van der Waals surface area contributed by atoms with Gasteiger partial charge < -0.3 is 4.90 Å². The molecule has 1 heterocycles. The first-order valence-electron chi connectivity index (χ1n) is 7.60. The van der Waals surface area contributed by atoms with Gasteiger partial charge in [-0.1, -0.05) is 24.3 Å². The molecule has 1 aliphatic rings. The zero-order valence-electron chi connectivity index (χ0n) is 13.0. The fourth-order valence-electron chi connectivity index (χ4n) is 2.76. The van der Waals surface area contributed by atoms with E-state index >= 15 is 0 Å². The summed E-state index contributed by atoms with van der Waals surface area (Å²) in [6, 6.07) is 8.22. The SMILES string of the molecule is CC(=O)CN1CCN(C(=O)CCc2ccccc2C)CC1. The van der Waals surface area contributed by atoms with Gasteiger partial charge in [-0.3, -0.25) is 14.5 Å². The highest BCUT2D eigenvalue weighted by Crippen LogP contribution is 2.11. The van der Waals surface area contributed by atoms with Crippen molar-refractivity contribution in [2.45, 2.75) is 26.7 Å². The fraction of sp³-hybridized carbons (Fsp3) is 0.529. The van der Waals surface area contributed by atoms with Gasteiger partial charge in [-0.2, -0.15) is 0 Å². The van der Waals surface area contributed by atoms with Crippen LogP contribution in [0.3, 0.4) is 0 Å². The minimum atomic E-state index is 0.189. The van der Waals surface area contributed by atoms with E-state index in [4.69, 9.17) is 0 Å². The molecule has 1 aromatic carbocycles. The van der Waals surface area contributed by atoms with E-state index in [1.54, 1.807) is 6.92 Å². The predicted octanol–water partition coefficient (Wildman–Crippen LogP) is 1.66. The molecule has 0 spiro atoms. The second-order valence-electron chi connectivity index (χ2n) is 5.79. The molecule has 0 radical (unpaired) electrons. The van der Waals surface area contributed by atoms with Crippen LogP contribution in [0.4, 0.5) is 0 Å². The van der Waals surface area contributed by atoms with Gasteiger partial charge in [0.05, 0.1) is 6.54 Å². The van der Waals surface area contributed by atoms with Crippen molar-refractivity contribution in [3.63, 3.8) is 0 Å². The minimum absolute atomic E-state index is 0.189. The Morgan fingerprint density at radius 3 is 2.38 bits per heavy atom. The van der Waals surface area contributed by atoms with Gasteiger partial charge >= 0.3 is 0 Å². The van der Waals surface area contributed by atoms with Crippen LogP contribution >= 0.6 is 0 Å². The number of hydrogen-bond acceptors (Lipinski definition) is 3. The highest BCUT2D eigenvalue weighted by molar-refractivity contribution is 5.78. The van der Waals surface area contributed by atoms with Crippen molar-refractivity contribution in [2.24, 2.45) is 0 Å². The molecule has 0 bridgehead atoms. The molecule has 0 unspecified atom stereocenters. The third-order valence-electron chi connectivity index (χ3n) is 4.04. The Hall–Kier alpha value is -1.68. The topological polar surface area (TPSA) is 40.6 Å². The Bertz CT molecular complexity index is 505. The van der Waals surface area contributed by atoms with E-state index in [-0.39, 0.29) is 11.7 Å². The van der Waals surface area contributed by atoms with Crippen molar-refractivity contribution in [3.8, 4) is 0 Å². The van der Waals surface area contributed by atoms with Crippen molar-refractivity contribution < 1.29 is 9.59 Å². The Morgan fingerprint density at radius 1 is 1.10 bits per heavy atom. The van der Waals surface area contributed by atoms with Crippen LogP contribution in [0.2, 0.25) is 0 Å². The second kappa shape index (κ2) is 7.36. The summed E-state index contributed by atoms with van der Waals surface area (Å²) in [5, 5.41) is 0. The van der Waals surface area contributed by atoms with Crippen LogP contribution in [0.1, 0.15) is 24.5 Å². The zero-order chi connectivity index (χ0) is 15.2. The van der Waals surface area contributed by atoms with Crippen LogP contribution in [0.15, 0.2) is 24.3 Å². The molecule has 1 aromatic rings. The average molecular weight is 288 g/mol. The largest absolute Gasteiger partial charge is 0.340 e. The van der Waals surface area contributed by atoms with Gasteiger partial charge in [0.1, 0.15) is 5.78 Å². The normalized spacial score (nSPS) is 16.0. The second-order valence-corrected chi connectivity index (χ2v) is 5.79. The molecule has 0 N–H and O–H groups in total. The Balaban J connectivity index is 1.77. The summed E-state index contributed by atoms with van der Waals surface area (Å²) in [5.74, 6) is 0.412. The molecule has 21 heavy (non-hydrogen) atoms. The van der Waals surface area contributed by atoms with Gasteiger partial charge in [-0.05, 0) is 31.4 Å². The van der Waals surface area contributed by atoms with E-state index < -0.39 is 0 Å². The number of carbonyl (C=O) groups excluding carboxylic acids is 2. The number of benzene rings is 1. The predicted molar refractivity (Wildman–Crippen MR) is 83.2 cm³/mol. The maximum Gasteiger partial charge on any atom is 0.222 e. The summed E-state index contributed by atoms with van der Waals surface area (Å²) >= 11 is 0. The molecule has 4 nitrogen and oxygen atoms in total. The van der Waals surface area contributed by atoms with Gasteiger partial charge in [0.2, 0.25) is 5.91 Å². The van der Waals surface area contributed by atoms with Gasteiger partial charge in [-0.25, -0.2) is 0 Å². The first kappa shape index (κ1) is 15.7. The summed E-state index contributed by atoms with van der Waals surface area (Å²) in [6.45, 7) is 7.27. The van der Waals surface area contributed by atoms with Gasteiger partial charge in [0.25, 0.3) is 0 Å². The van der Waals surface area contributed by atoms with Crippen LogP contribution in [-0.4, -0.2) is 54.2 Å². The number of Topliss-reactive ketones (excluding diaryl/α,β-unsaturated/α-hetero) is 1. The molecule has 0 saturated carbocycles. The van der Waals surface area contributed by atoms with E-state index in [0.717, 1.165) is 32.6 Å². The number of hydrogen-bond donors (Lipinski definition) is 0. The maximum absolute atomic E-state index is 12.3. The van der Waals surface area contributed by atoms with Crippen LogP contribution < -0.4 is 0 Å². The molecule has 4 heteroatoms. The lowest BCUT2D eigenvalue weighted by Gasteiger charge is -2.34. The molecule has 2 rings (SSSR count). The van der Waals surface area contributed by atoms with E-state index in [9.17, 15) is 9.59 Å². The number of ketones is 1. The first-order chi connectivity index (χ1) is 10.1. The number of piperazine rings is 1. The summed E-state index contributed by atoms with van der Waals surface area (Å²) in [4.78, 5) is 27.4. The van der Waals surface area contributed by atoms with Crippen molar-refractivity contribution in [1.29, 1.82) is 0 Å². The van der Waals surface area contributed by atoms with Gasteiger partial charge in [0, 0.05) is 32.6 Å². The smallest absolute Gasteiger partial charge is 0.222 e. The van der Waals surface area contributed by atoms with Crippen LogP contribution in [0.5, 0.6) is 0 Å². The number of aryl methyl sites for hydroxylation is 2. The van der Waals surface area contributed by atoms with E-state index in [1.807, 2.05) is 17.0 Å². The molecular weight excluding hydrogens is 264 g/mol. The first-order valence-corrected chi connectivity index (χ1v) is 7.60. The Morgan fingerprint density at radius 2 is 1.76 bits per heavy atom. The minimum Gasteiger partial charge on any atom is -0.340 e. The monoisotopic (exact) mass is 288 g/mol. The van der Waals surface area contributed by atoms with E-state index in [2.05, 4.69) is 24.0 Å². The molecule has 1 fully saturated rings. The molecule has 1 amide bonds. The maximum atomic E-state index is 12.3.